The molecule has 1 aromatic carbocycles. The van der Waals surface area contributed by atoms with Crippen LogP contribution in [-0.4, -0.2) is 43.0 Å². The number of nitrogens with one attached hydrogen (secondary N) is 2. The van der Waals surface area contributed by atoms with Crippen molar-refractivity contribution in [1.82, 2.24) is 9.88 Å². The van der Waals surface area contributed by atoms with Crippen molar-refractivity contribution in [2.75, 3.05) is 37.8 Å². The van der Waals surface area contributed by atoms with Crippen molar-refractivity contribution in [2.24, 2.45) is 0 Å². The van der Waals surface area contributed by atoms with E-state index in [-0.39, 0.29) is 5.91 Å². The van der Waals surface area contributed by atoms with Crippen LogP contribution in [0.3, 0.4) is 0 Å². The Morgan fingerprint density at radius 1 is 1.17 bits per heavy atom. The van der Waals surface area contributed by atoms with Crippen LogP contribution in [0.1, 0.15) is 22.3 Å². The average Bonchev–Trinajstić information content (AvgIpc) is 2.52. The fourth-order valence-corrected chi connectivity index (χ4v) is 2.21. The van der Waals surface area contributed by atoms with Gasteiger partial charge in [-0.25, -0.2) is 0 Å². The second-order valence-corrected chi connectivity index (χ2v) is 5.87. The number of aryl methyl sites for hydroxylation is 1. The predicted molar refractivity (Wildman–Crippen MR) is 95.0 cm³/mol. The fourth-order valence-electron chi connectivity index (χ4n) is 2.21. The SMILES string of the molecule is Cc1cccc(NC(=O)c2cncc(NCCCN(C)C)c2)c1. The third-order valence-corrected chi connectivity index (χ3v) is 3.39. The van der Waals surface area contributed by atoms with Crippen molar-refractivity contribution in [3.05, 3.63) is 53.9 Å². The summed E-state index contributed by atoms with van der Waals surface area (Å²) in [5, 5.41) is 6.19. The number of carbonyl (C=O) groups excluding carboxylic acids is 1. The molecule has 2 rings (SSSR count). The van der Waals surface area contributed by atoms with Crippen LogP contribution < -0.4 is 10.6 Å². The molecular weight excluding hydrogens is 288 g/mol. The molecule has 23 heavy (non-hydrogen) atoms. The Labute approximate surface area is 137 Å². The van der Waals surface area contributed by atoms with Gasteiger partial charge in [0, 0.05) is 24.6 Å². The van der Waals surface area contributed by atoms with E-state index in [1.165, 1.54) is 0 Å². The lowest BCUT2D eigenvalue weighted by molar-refractivity contribution is 0.102. The minimum Gasteiger partial charge on any atom is -0.384 e. The van der Waals surface area contributed by atoms with Crippen molar-refractivity contribution >= 4 is 17.3 Å². The molecule has 0 aliphatic rings. The summed E-state index contributed by atoms with van der Waals surface area (Å²) >= 11 is 0. The highest BCUT2D eigenvalue weighted by Crippen LogP contribution is 2.13. The summed E-state index contributed by atoms with van der Waals surface area (Å²) in [7, 11) is 4.11. The summed E-state index contributed by atoms with van der Waals surface area (Å²) in [6.07, 6.45) is 4.35. The van der Waals surface area contributed by atoms with Crippen molar-refractivity contribution < 1.29 is 4.79 Å². The first kappa shape index (κ1) is 17.0. The molecule has 0 radical (unpaired) electrons. The standard InChI is InChI=1S/C18H24N4O/c1-14-6-4-7-16(10-14)21-18(23)15-11-17(13-19-12-15)20-8-5-9-22(2)3/h4,6-7,10-13,20H,5,8-9H2,1-3H3,(H,21,23). The first-order chi connectivity index (χ1) is 11.0. The van der Waals surface area contributed by atoms with E-state index in [9.17, 15) is 4.79 Å². The van der Waals surface area contributed by atoms with Crippen LogP contribution in [0.15, 0.2) is 42.7 Å². The summed E-state index contributed by atoms with van der Waals surface area (Å²) in [5.74, 6) is -0.153. The molecule has 0 bridgehead atoms. The lowest BCUT2D eigenvalue weighted by Crippen LogP contribution is -2.17. The van der Waals surface area contributed by atoms with Crippen molar-refractivity contribution in [3.63, 3.8) is 0 Å². The third-order valence-electron chi connectivity index (χ3n) is 3.39. The number of hydrogen-bond donors (Lipinski definition) is 2. The molecule has 2 aromatic rings. The molecule has 0 saturated carbocycles. The number of carbonyl (C=O) groups is 1. The number of nitrogens with zero attached hydrogens (tertiary/aromatic N) is 2. The molecule has 0 unspecified atom stereocenters. The van der Waals surface area contributed by atoms with Crippen LogP contribution in [0, 0.1) is 6.92 Å². The fraction of sp³-hybridized carbons (Fsp3) is 0.333. The largest absolute Gasteiger partial charge is 0.384 e. The molecule has 2 N–H and O–H groups in total. The smallest absolute Gasteiger partial charge is 0.257 e. The van der Waals surface area contributed by atoms with E-state index in [0.29, 0.717) is 5.56 Å². The lowest BCUT2D eigenvalue weighted by atomic mass is 10.2. The quantitative estimate of drug-likeness (QED) is 0.772. The maximum atomic E-state index is 12.3. The van der Waals surface area contributed by atoms with Crippen LogP contribution in [0.4, 0.5) is 11.4 Å². The number of hydrogen-bond acceptors (Lipinski definition) is 4. The van der Waals surface area contributed by atoms with Gasteiger partial charge in [-0.05, 0) is 57.7 Å². The Bertz CT molecular complexity index is 655. The first-order valence-electron chi connectivity index (χ1n) is 7.76. The molecule has 0 atom stereocenters. The minimum atomic E-state index is -0.153. The van der Waals surface area contributed by atoms with Gasteiger partial charge in [0.15, 0.2) is 0 Å². The van der Waals surface area contributed by atoms with Gasteiger partial charge in [-0.3, -0.25) is 9.78 Å². The van der Waals surface area contributed by atoms with Crippen molar-refractivity contribution in [1.29, 1.82) is 0 Å². The Hall–Kier alpha value is -2.40. The second kappa shape index (κ2) is 8.29. The van der Waals surface area contributed by atoms with Crippen LogP contribution >= 0.6 is 0 Å². The summed E-state index contributed by atoms with van der Waals surface area (Å²) in [6, 6.07) is 9.56. The van der Waals surface area contributed by atoms with Gasteiger partial charge in [0.2, 0.25) is 0 Å². The summed E-state index contributed by atoms with van der Waals surface area (Å²) in [4.78, 5) is 18.6. The molecule has 0 aliphatic carbocycles. The van der Waals surface area contributed by atoms with E-state index < -0.39 is 0 Å². The lowest BCUT2D eigenvalue weighted by Gasteiger charge is -2.11. The molecule has 0 spiro atoms. The Morgan fingerprint density at radius 3 is 2.74 bits per heavy atom. The zero-order valence-corrected chi connectivity index (χ0v) is 14.0. The topological polar surface area (TPSA) is 57.3 Å². The molecule has 122 valence electrons. The van der Waals surface area contributed by atoms with Gasteiger partial charge < -0.3 is 15.5 Å². The maximum absolute atomic E-state index is 12.3. The highest BCUT2D eigenvalue weighted by atomic mass is 16.1. The molecule has 0 aliphatic heterocycles. The van der Waals surface area contributed by atoms with E-state index in [0.717, 1.165) is 36.4 Å². The molecule has 1 amide bonds. The van der Waals surface area contributed by atoms with Gasteiger partial charge in [-0.2, -0.15) is 0 Å². The van der Waals surface area contributed by atoms with E-state index in [1.54, 1.807) is 12.4 Å². The maximum Gasteiger partial charge on any atom is 0.257 e. The zero-order valence-electron chi connectivity index (χ0n) is 14.0. The molecule has 5 nitrogen and oxygen atoms in total. The van der Waals surface area contributed by atoms with Gasteiger partial charge in [-0.15, -0.1) is 0 Å². The normalized spacial score (nSPS) is 10.6. The van der Waals surface area contributed by atoms with Crippen LogP contribution in [-0.2, 0) is 0 Å². The average molecular weight is 312 g/mol. The number of amides is 1. The predicted octanol–water partition coefficient (Wildman–Crippen LogP) is 3.01. The highest BCUT2D eigenvalue weighted by Gasteiger charge is 2.07. The van der Waals surface area contributed by atoms with Gasteiger partial charge in [0.05, 0.1) is 11.3 Å². The monoisotopic (exact) mass is 312 g/mol. The van der Waals surface area contributed by atoms with Crippen LogP contribution in [0.25, 0.3) is 0 Å². The highest BCUT2D eigenvalue weighted by molar-refractivity contribution is 6.04. The summed E-state index contributed by atoms with van der Waals surface area (Å²) in [5.41, 5.74) is 3.31. The molecule has 5 heteroatoms. The Kier molecular flexibility index (Phi) is 6.11. The van der Waals surface area contributed by atoms with Gasteiger partial charge >= 0.3 is 0 Å². The van der Waals surface area contributed by atoms with E-state index >= 15 is 0 Å². The Balaban J connectivity index is 1.94. The Morgan fingerprint density at radius 2 is 2.00 bits per heavy atom. The van der Waals surface area contributed by atoms with Crippen molar-refractivity contribution in [2.45, 2.75) is 13.3 Å². The number of pyridine rings is 1. The molecule has 1 heterocycles. The molecule has 0 fully saturated rings. The van der Waals surface area contributed by atoms with E-state index in [1.807, 2.05) is 37.3 Å². The van der Waals surface area contributed by atoms with E-state index in [4.69, 9.17) is 0 Å². The summed E-state index contributed by atoms with van der Waals surface area (Å²) in [6.45, 7) is 3.87. The molecule has 0 saturated heterocycles. The number of anilines is 2. The number of benzene rings is 1. The zero-order chi connectivity index (χ0) is 16.7. The first-order valence-corrected chi connectivity index (χ1v) is 7.76. The minimum absolute atomic E-state index is 0.153. The van der Waals surface area contributed by atoms with E-state index in [2.05, 4.69) is 34.6 Å². The van der Waals surface area contributed by atoms with Crippen LogP contribution in [0.2, 0.25) is 0 Å². The summed E-state index contributed by atoms with van der Waals surface area (Å²) < 4.78 is 0. The van der Waals surface area contributed by atoms with Gasteiger partial charge in [0.1, 0.15) is 0 Å². The van der Waals surface area contributed by atoms with Crippen molar-refractivity contribution in [3.8, 4) is 0 Å². The second-order valence-electron chi connectivity index (χ2n) is 5.87. The number of rotatable bonds is 7. The third kappa shape index (κ3) is 5.71. The number of aromatic nitrogens is 1. The van der Waals surface area contributed by atoms with Gasteiger partial charge in [0.25, 0.3) is 5.91 Å². The molecular formula is C18H24N4O. The molecule has 1 aromatic heterocycles. The van der Waals surface area contributed by atoms with Crippen LogP contribution in [0.5, 0.6) is 0 Å². The van der Waals surface area contributed by atoms with Gasteiger partial charge in [-0.1, -0.05) is 12.1 Å².